The lowest BCUT2D eigenvalue weighted by atomic mass is 10.1. The summed E-state index contributed by atoms with van der Waals surface area (Å²) in [7, 11) is 2.50. The van der Waals surface area contributed by atoms with Crippen LogP contribution in [0.25, 0.3) is 0 Å². The van der Waals surface area contributed by atoms with E-state index in [1.54, 1.807) is 0 Å². The SMILES string of the molecule is COC(=O)/C=C/C[C@H](NC(=O)[C@H]1CCOC1)C(=O)OC. The first kappa shape index (κ1) is 16.2. The number of hydrogen-bond donors (Lipinski definition) is 1. The Balaban J connectivity index is 2.55. The summed E-state index contributed by atoms with van der Waals surface area (Å²) in [5, 5.41) is 2.60. The molecule has 1 saturated heterocycles. The summed E-state index contributed by atoms with van der Waals surface area (Å²) in [6, 6.07) is -0.825. The molecule has 1 rings (SSSR count). The van der Waals surface area contributed by atoms with Crippen LogP contribution in [0.1, 0.15) is 12.8 Å². The van der Waals surface area contributed by atoms with Crippen LogP contribution in [0.15, 0.2) is 12.2 Å². The Morgan fingerprint density at radius 2 is 2.10 bits per heavy atom. The van der Waals surface area contributed by atoms with Gasteiger partial charge in [-0.2, -0.15) is 0 Å². The zero-order chi connectivity index (χ0) is 15.0. The van der Waals surface area contributed by atoms with Crippen molar-refractivity contribution in [3.8, 4) is 0 Å². The van der Waals surface area contributed by atoms with E-state index < -0.39 is 18.0 Å². The molecule has 0 bridgehead atoms. The number of carbonyl (C=O) groups excluding carboxylic acids is 3. The van der Waals surface area contributed by atoms with Gasteiger partial charge in [-0.15, -0.1) is 0 Å². The fraction of sp³-hybridized carbons (Fsp3) is 0.615. The van der Waals surface area contributed by atoms with E-state index in [0.29, 0.717) is 19.6 Å². The standard InChI is InChI=1S/C13H19NO6/c1-18-11(15)5-3-4-10(13(17)19-2)14-12(16)9-6-7-20-8-9/h3,5,9-10H,4,6-8H2,1-2H3,(H,14,16)/b5-3+/t9-,10-/m0/s1. The average molecular weight is 285 g/mol. The van der Waals surface area contributed by atoms with Crippen LogP contribution in [0.4, 0.5) is 0 Å². The van der Waals surface area contributed by atoms with E-state index in [1.165, 1.54) is 26.4 Å². The quantitative estimate of drug-likeness (QED) is 0.537. The number of methoxy groups -OCH3 is 2. The van der Waals surface area contributed by atoms with E-state index in [4.69, 9.17) is 4.74 Å². The van der Waals surface area contributed by atoms with E-state index in [9.17, 15) is 14.4 Å². The van der Waals surface area contributed by atoms with Crippen molar-refractivity contribution in [2.75, 3.05) is 27.4 Å². The molecule has 7 nitrogen and oxygen atoms in total. The lowest BCUT2D eigenvalue weighted by molar-refractivity contribution is -0.145. The van der Waals surface area contributed by atoms with E-state index >= 15 is 0 Å². The zero-order valence-electron chi connectivity index (χ0n) is 11.6. The van der Waals surface area contributed by atoms with Gasteiger partial charge in [0.05, 0.1) is 26.7 Å². The van der Waals surface area contributed by atoms with Crippen molar-refractivity contribution in [1.29, 1.82) is 0 Å². The van der Waals surface area contributed by atoms with Crippen LogP contribution in [-0.2, 0) is 28.6 Å². The summed E-state index contributed by atoms with van der Waals surface area (Å²) in [5.41, 5.74) is 0. The van der Waals surface area contributed by atoms with Gasteiger partial charge in [-0.1, -0.05) is 6.08 Å². The molecule has 1 aliphatic heterocycles. The highest BCUT2D eigenvalue weighted by Crippen LogP contribution is 2.13. The van der Waals surface area contributed by atoms with Gasteiger partial charge in [0.1, 0.15) is 6.04 Å². The fourth-order valence-electron chi connectivity index (χ4n) is 1.76. The van der Waals surface area contributed by atoms with E-state index in [-0.39, 0.29) is 18.2 Å². The Bertz CT molecular complexity index is 386. The summed E-state index contributed by atoms with van der Waals surface area (Å²) >= 11 is 0. The van der Waals surface area contributed by atoms with Gasteiger partial charge < -0.3 is 19.5 Å². The van der Waals surface area contributed by atoms with Crippen LogP contribution in [0, 0.1) is 5.92 Å². The maximum Gasteiger partial charge on any atom is 0.330 e. The molecule has 1 aliphatic rings. The van der Waals surface area contributed by atoms with Gasteiger partial charge in [0.2, 0.25) is 5.91 Å². The molecule has 0 aromatic rings. The minimum Gasteiger partial charge on any atom is -0.467 e. The van der Waals surface area contributed by atoms with Crippen LogP contribution in [0.3, 0.4) is 0 Å². The van der Waals surface area contributed by atoms with Crippen molar-refractivity contribution in [2.24, 2.45) is 5.92 Å². The van der Waals surface area contributed by atoms with Gasteiger partial charge in [-0.3, -0.25) is 4.79 Å². The highest BCUT2D eigenvalue weighted by Gasteiger charge is 2.28. The normalized spacial score (nSPS) is 19.6. The summed E-state index contributed by atoms with van der Waals surface area (Å²) in [6.45, 7) is 0.904. The third kappa shape index (κ3) is 5.00. The third-order valence-corrected chi connectivity index (χ3v) is 2.93. The molecule has 0 unspecified atom stereocenters. The number of nitrogens with one attached hydrogen (secondary N) is 1. The number of ether oxygens (including phenoxy) is 3. The molecule has 112 valence electrons. The van der Waals surface area contributed by atoms with E-state index in [1.807, 2.05) is 0 Å². The zero-order valence-corrected chi connectivity index (χ0v) is 11.6. The minimum atomic E-state index is -0.825. The van der Waals surface area contributed by atoms with Gasteiger partial charge in [-0.25, -0.2) is 9.59 Å². The molecule has 1 amide bonds. The number of esters is 2. The molecule has 2 atom stereocenters. The van der Waals surface area contributed by atoms with Crippen molar-refractivity contribution in [3.05, 3.63) is 12.2 Å². The number of rotatable bonds is 6. The lowest BCUT2D eigenvalue weighted by Gasteiger charge is -2.17. The lowest BCUT2D eigenvalue weighted by Crippen LogP contribution is -2.44. The smallest absolute Gasteiger partial charge is 0.330 e. The molecule has 7 heteroatoms. The molecule has 0 aromatic carbocycles. The molecular weight excluding hydrogens is 266 g/mol. The molecule has 20 heavy (non-hydrogen) atoms. The number of amides is 1. The number of carbonyl (C=O) groups is 3. The average Bonchev–Trinajstić information content (AvgIpc) is 2.99. The molecule has 0 spiro atoms. The monoisotopic (exact) mass is 285 g/mol. The van der Waals surface area contributed by atoms with Gasteiger partial charge in [0.15, 0.2) is 0 Å². The first-order chi connectivity index (χ1) is 9.58. The Morgan fingerprint density at radius 3 is 2.65 bits per heavy atom. The fourth-order valence-corrected chi connectivity index (χ4v) is 1.76. The summed E-state index contributed by atoms with van der Waals surface area (Å²) in [4.78, 5) is 34.4. The van der Waals surface area contributed by atoms with Crippen molar-refractivity contribution < 1.29 is 28.6 Å². The third-order valence-electron chi connectivity index (χ3n) is 2.93. The van der Waals surface area contributed by atoms with Crippen LogP contribution in [-0.4, -0.2) is 51.3 Å². The number of hydrogen-bond acceptors (Lipinski definition) is 6. The largest absolute Gasteiger partial charge is 0.467 e. The van der Waals surface area contributed by atoms with Crippen molar-refractivity contribution in [2.45, 2.75) is 18.9 Å². The highest BCUT2D eigenvalue weighted by molar-refractivity contribution is 5.86. The van der Waals surface area contributed by atoms with Crippen LogP contribution < -0.4 is 5.32 Å². The van der Waals surface area contributed by atoms with Gasteiger partial charge in [0, 0.05) is 12.7 Å². The van der Waals surface area contributed by atoms with Crippen LogP contribution >= 0.6 is 0 Å². The van der Waals surface area contributed by atoms with Gasteiger partial charge >= 0.3 is 11.9 Å². The first-order valence-corrected chi connectivity index (χ1v) is 6.29. The minimum absolute atomic E-state index is 0.154. The summed E-state index contributed by atoms with van der Waals surface area (Å²) in [5.74, 6) is -1.58. The van der Waals surface area contributed by atoms with Crippen molar-refractivity contribution in [3.63, 3.8) is 0 Å². The van der Waals surface area contributed by atoms with Gasteiger partial charge in [-0.05, 0) is 12.8 Å². The van der Waals surface area contributed by atoms with Crippen molar-refractivity contribution >= 4 is 17.8 Å². The first-order valence-electron chi connectivity index (χ1n) is 6.29. The van der Waals surface area contributed by atoms with Gasteiger partial charge in [0.25, 0.3) is 0 Å². The highest BCUT2D eigenvalue weighted by atomic mass is 16.5. The van der Waals surface area contributed by atoms with Crippen LogP contribution in [0.2, 0.25) is 0 Å². The maximum atomic E-state index is 11.9. The Hall–Kier alpha value is -1.89. The molecule has 0 radical (unpaired) electrons. The molecule has 1 heterocycles. The van der Waals surface area contributed by atoms with E-state index in [2.05, 4.69) is 14.8 Å². The topological polar surface area (TPSA) is 90.9 Å². The predicted molar refractivity (Wildman–Crippen MR) is 68.6 cm³/mol. The molecule has 0 aromatic heterocycles. The summed E-state index contributed by atoms with van der Waals surface area (Å²) < 4.78 is 14.2. The Morgan fingerprint density at radius 1 is 1.35 bits per heavy atom. The van der Waals surface area contributed by atoms with E-state index in [0.717, 1.165) is 0 Å². The second kappa shape index (κ2) is 8.31. The molecular formula is C13H19NO6. The molecule has 0 saturated carbocycles. The van der Waals surface area contributed by atoms with Crippen molar-refractivity contribution in [1.82, 2.24) is 5.32 Å². The molecule has 0 aliphatic carbocycles. The Labute approximate surface area is 117 Å². The predicted octanol–water partition coefficient (Wildman–Crippen LogP) is -0.200. The molecule has 1 fully saturated rings. The second-order valence-corrected chi connectivity index (χ2v) is 4.31. The molecule has 1 N–H and O–H groups in total. The maximum absolute atomic E-state index is 11.9. The Kier molecular flexibility index (Phi) is 6.72. The van der Waals surface area contributed by atoms with Crippen LogP contribution in [0.5, 0.6) is 0 Å². The summed E-state index contributed by atoms with van der Waals surface area (Å²) in [6.07, 6.45) is 3.44. The second-order valence-electron chi connectivity index (χ2n) is 4.31.